The number of carbonyl (C=O) groups is 2. The zero-order valence-electron chi connectivity index (χ0n) is 26.4. The number of unbranched alkanes of at least 4 members (excludes halogenated alkanes) is 3. The molecule has 4 aliphatic rings. The SMILES string of the molecule is [3H]N(CCCCCC)C(=O)C1(O)CC2=CC[C@H]3[C@@H]4CC[C@H]([C@H](C)CCCC(C)C)[C@@]4(C)CC[C@@H]3[C@@]2(C)CC1=O. The minimum atomic E-state index is -2.07. The van der Waals surface area contributed by atoms with Crippen LogP contribution in [0.25, 0.3) is 0 Å². The Bertz CT molecular complexity index is 931. The smallest absolute Gasteiger partial charge is 0.260 e. The lowest BCUT2D eigenvalue weighted by atomic mass is 9.46. The second-order valence-electron chi connectivity index (χ2n) is 14.7. The van der Waals surface area contributed by atoms with Crippen molar-refractivity contribution in [3.05, 3.63) is 11.6 Å². The van der Waals surface area contributed by atoms with Gasteiger partial charge in [-0.2, -0.15) is 0 Å². The Labute approximate surface area is 234 Å². The molecule has 0 aliphatic heterocycles. The molecule has 0 saturated heterocycles. The molecule has 38 heavy (non-hydrogen) atoms. The summed E-state index contributed by atoms with van der Waals surface area (Å²) in [5.41, 5.74) is -0.863. The van der Waals surface area contributed by atoms with E-state index >= 15 is 0 Å². The van der Waals surface area contributed by atoms with E-state index in [2.05, 4.69) is 47.6 Å². The van der Waals surface area contributed by atoms with Gasteiger partial charge in [-0.3, -0.25) is 9.59 Å². The molecule has 0 aromatic carbocycles. The molecule has 4 nitrogen and oxygen atoms in total. The number of carbonyl (C=O) groups excluding carboxylic acids is 2. The molecule has 0 bridgehead atoms. The van der Waals surface area contributed by atoms with Crippen LogP contribution in [0.3, 0.4) is 0 Å². The van der Waals surface area contributed by atoms with Gasteiger partial charge in [0.05, 0.1) is 0 Å². The van der Waals surface area contributed by atoms with E-state index in [1.54, 1.807) is 0 Å². The number of Topliss-reactive ketones (excluding diaryl/α,β-unsaturated/α-hetero) is 1. The predicted octanol–water partition coefficient (Wildman–Crippen LogP) is 7.63. The van der Waals surface area contributed by atoms with E-state index in [1.807, 2.05) is 0 Å². The molecule has 3 saturated carbocycles. The quantitative estimate of drug-likeness (QED) is 0.164. The summed E-state index contributed by atoms with van der Waals surface area (Å²) in [5.74, 6) is 2.99. The van der Waals surface area contributed by atoms with E-state index in [1.165, 1.54) is 38.5 Å². The Hall–Kier alpha value is -1.16. The average molecular weight is 530 g/mol. The highest BCUT2D eigenvalue weighted by molar-refractivity contribution is 6.10. The lowest BCUT2D eigenvalue weighted by Gasteiger charge is -2.58. The van der Waals surface area contributed by atoms with Gasteiger partial charge in [0, 0.05) is 19.4 Å². The van der Waals surface area contributed by atoms with Crippen LogP contribution >= 0.6 is 0 Å². The van der Waals surface area contributed by atoms with Crippen LogP contribution in [0.4, 0.5) is 0 Å². The molecule has 3 fully saturated rings. The number of nitrogens with one attached hydrogen (secondary N) is 1. The summed E-state index contributed by atoms with van der Waals surface area (Å²) >= 11 is 0. The van der Waals surface area contributed by atoms with Crippen LogP contribution in [0.5, 0.6) is 0 Å². The largest absolute Gasteiger partial charge is 0.373 e. The fraction of sp³-hybridized carbons (Fsp3) is 0.882. The van der Waals surface area contributed by atoms with Gasteiger partial charge in [-0.1, -0.05) is 91.7 Å². The second kappa shape index (κ2) is 11.8. The van der Waals surface area contributed by atoms with Crippen molar-refractivity contribution in [1.29, 1.82) is 0 Å². The predicted molar refractivity (Wildman–Crippen MR) is 156 cm³/mol. The monoisotopic (exact) mass is 529 g/mol. The summed E-state index contributed by atoms with van der Waals surface area (Å²) in [6.45, 7) is 14.4. The molecule has 0 heterocycles. The van der Waals surface area contributed by atoms with Crippen LogP contribution in [0.15, 0.2) is 11.6 Å². The Morgan fingerprint density at radius 1 is 1.08 bits per heavy atom. The van der Waals surface area contributed by atoms with Gasteiger partial charge < -0.3 is 10.4 Å². The Morgan fingerprint density at radius 3 is 2.55 bits per heavy atom. The third-order valence-corrected chi connectivity index (χ3v) is 11.9. The van der Waals surface area contributed by atoms with Crippen molar-refractivity contribution < 1.29 is 16.1 Å². The Morgan fingerprint density at radius 2 is 1.84 bits per heavy atom. The van der Waals surface area contributed by atoms with Crippen LogP contribution in [0, 0.1) is 46.3 Å². The van der Waals surface area contributed by atoms with E-state index in [0.29, 0.717) is 23.2 Å². The van der Waals surface area contributed by atoms with Gasteiger partial charge in [-0.15, -0.1) is 0 Å². The number of rotatable bonds is 11. The first-order valence-electron chi connectivity index (χ1n) is 16.6. The van der Waals surface area contributed by atoms with Crippen molar-refractivity contribution in [1.82, 2.24) is 5.31 Å². The molecule has 4 aliphatic carbocycles. The summed E-state index contributed by atoms with van der Waals surface area (Å²) in [7, 11) is 0. The maximum atomic E-state index is 13.5. The molecule has 0 aromatic heterocycles. The summed E-state index contributed by atoms with van der Waals surface area (Å²) in [5, 5.41) is 12.3. The zero-order chi connectivity index (χ0) is 28.6. The van der Waals surface area contributed by atoms with Gasteiger partial charge in [0.1, 0.15) is 0 Å². The zero-order valence-corrected chi connectivity index (χ0v) is 25.4. The first-order valence-corrected chi connectivity index (χ1v) is 16.1. The van der Waals surface area contributed by atoms with Crippen molar-refractivity contribution in [2.24, 2.45) is 46.3 Å². The lowest BCUT2D eigenvalue weighted by molar-refractivity contribution is -0.159. The Kier molecular flexibility index (Phi) is 8.77. The number of amides is 1. The van der Waals surface area contributed by atoms with Crippen LogP contribution in [-0.4, -0.2) is 28.9 Å². The van der Waals surface area contributed by atoms with Crippen molar-refractivity contribution in [2.45, 2.75) is 137 Å². The lowest BCUT2D eigenvalue weighted by Crippen LogP contribution is -2.60. The third kappa shape index (κ3) is 5.41. The number of fused-ring (bicyclic) bond motifs is 5. The van der Waals surface area contributed by atoms with E-state index in [4.69, 9.17) is 1.41 Å². The van der Waals surface area contributed by atoms with Gasteiger partial charge in [-0.25, -0.2) is 0 Å². The van der Waals surface area contributed by atoms with Gasteiger partial charge in [-0.05, 0) is 84.9 Å². The third-order valence-electron chi connectivity index (χ3n) is 11.9. The van der Waals surface area contributed by atoms with Crippen molar-refractivity contribution in [3.8, 4) is 0 Å². The minimum Gasteiger partial charge on any atom is -0.373 e. The summed E-state index contributed by atoms with van der Waals surface area (Å²) in [6, 6.07) is 0. The molecule has 0 spiro atoms. The highest BCUT2D eigenvalue weighted by Crippen LogP contribution is 2.67. The van der Waals surface area contributed by atoms with Gasteiger partial charge in [0.2, 0.25) is 5.60 Å². The van der Waals surface area contributed by atoms with E-state index in [0.717, 1.165) is 67.2 Å². The maximum Gasteiger partial charge on any atom is 0.260 e. The molecule has 2 N–H and O–H groups in total. The fourth-order valence-electron chi connectivity index (χ4n) is 9.60. The number of allylic oxidation sites excluding steroid dienone is 1. The van der Waals surface area contributed by atoms with E-state index < -0.39 is 11.5 Å². The molecule has 8 atom stereocenters. The number of hydrogen-bond acceptors (Lipinski definition) is 3. The first-order chi connectivity index (χ1) is 18.4. The number of ketones is 1. The highest BCUT2D eigenvalue weighted by Gasteiger charge is 2.62. The van der Waals surface area contributed by atoms with Gasteiger partial charge in [0.15, 0.2) is 7.20 Å². The van der Waals surface area contributed by atoms with Gasteiger partial charge in [0.25, 0.3) is 5.91 Å². The van der Waals surface area contributed by atoms with Crippen molar-refractivity contribution in [2.75, 3.05) is 6.54 Å². The number of hydrogen-bond donors (Lipinski definition) is 2. The molecule has 1 amide bonds. The van der Waals surface area contributed by atoms with Crippen LogP contribution in [0.2, 0.25) is 1.41 Å². The summed E-state index contributed by atoms with van der Waals surface area (Å²) in [6.07, 6.45) is 16.5. The summed E-state index contributed by atoms with van der Waals surface area (Å²) < 4.78 is 8.26. The molecular weight excluding hydrogens is 470 g/mol. The molecule has 216 valence electrons. The maximum absolute atomic E-state index is 13.5. The first kappa shape index (κ1) is 28.4. The molecule has 4 heteroatoms. The molecule has 1 unspecified atom stereocenters. The normalized spacial score (nSPS) is 39.6. The molecule has 0 aromatic rings. The van der Waals surface area contributed by atoms with Gasteiger partial charge >= 0.3 is 0 Å². The van der Waals surface area contributed by atoms with E-state index in [-0.39, 0.29) is 30.6 Å². The molecule has 4 rings (SSSR count). The second-order valence-corrected chi connectivity index (χ2v) is 14.7. The fourth-order valence-corrected chi connectivity index (χ4v) is 9.60. The molecular formula is C34H57NO3. The van der Waals surface area contributed by atoms with Crippen LogP contribution < -0.4 is 5.31 Å². The molecule has 0 radical (unpaired) electrons. The van der Waals surface area contributed by atoms with Crippen molar-refractivity contribution in [3.63, 3.8) is 0 Å². The summed E-state index contributed by atoms with van der Waals surface area (Å²) in [4.78, 5) is 26.7. The average Bonchev–Trinajstić information content (AvgIpc) is 3.24. The Balaban J connectivity index is 1.47. The highest BCUT2D eigenvalue weighted by atomic mass is 16.3. The topological polar surface area (TPSA) is 66.4 Å². The van der Waals surface area contributed by atoms with Crippen LogP contribution in [0.1, 0.15) is 131 Å². The standard InChI is InChI=1S/C34H57NO3/c1-7-8-9-10-20-35-31(37)34(38)21-25-14-15-26-28-17-16-27(24(4)13-11-12-23(2)3)32(28,5)19-18-29(26)33(25,6)22-30(34)36/h14,23-24,26-29,38H,7-13,15-22H2,1-6H3,(H,35,37)/t24-,26+,27-,28+,29+,32-,33+,34?/m1/s1/i/hT. The van der Waals surface area contributed by atoms with Crippen molar-refractivity contribution >= 4 is 11.7 Å². The number of aliphatic hydroxyl groups is 1. The van der Waals surface area contributed by atoms with Crippen LogP contribution in [-0.2, 0) is 9.59 Å². The minimum absolute atomic E-state index is 0.0756. The van der Waals surface area contributed by atoms with E-state index in [9.17, 15) is 14.7 Å².